The molecule has 0 radical (unpaired) electrons. The number of ether oxygens (including phenoxy) is 1. The molecule has 0 bridgehead atoms. The van der Waals surface area contributed by atoms with Crippen molar-refractivity contribution in [3.05, 3.63) is 35.4 Å². The van der Waals surface area contributed by atoms with Crippen molar-refractivity contribution in [3.63, 3.8) is 0 Å². The van der Waals surface area contributed by atoms with E-state index in [0.29, 0.717) is 6.61 Å². The van der Waals surface area contributed by atoms with Crippen LogP contribution in [0.5, 0.6) is 0 Å². The first-order valence-electron chi connectivity index (χ1n) is 9.63. The normalized spacial score (nSPS) is 11.0. The molecule has 0 aliphatic rings. The van der Waals surface area contributed by atoms with Crippen LogP contribution in [0, 0.1) is 0 Å². The van der Waals surface area contributed by atoms with Crippen LogP contribution in [0.15, 0.2) is 24.3 Å². The Hall–Kier alpha value is -0.860. The monoisotopic (exact) mass is 320 g/mol. The van der Waals surface area contributed by atoms with Gasteiger partial charge in [0.15, 0.2) is 0 Å². The summed E-state index contributed by atoms with van der Waals surface area (Å²) in [7, 11) is 0. The van der Waals surface area contributed by atoms with Crippen LogP contribution in [0.3, 0.4) is 0 Å². The minimum Gasteiger partial charge on any atom is -0.392 e. The molecule has 1 aromatic rings. The molecule has 0 spiro atoms. The van der Waals surface area contributed by atoms with E-state index in [0.717, 1.165) is 24.2 Å². The summed E-state index contributed by atoms with van der Waals surface area (Å²) in [5, 5.41) is 9.11. The highest BCUT2D eigenvalue weighted by Crippen LogP contribution is 2.12. The predicted octanol–water partition coefficient (Wildman–Crippen LogP) is 6.01. The maximum Gasteiger partial charge on any atom is 0.0716 e. The zero-order valence-electron chi connectivity index (χ0n) is 15.1. The summed E-state index contributed by atoms with van der Waals surface area (Å²) in [6.07, 6.45) is 15.0. The SMILES string of the molecule is CCCCCCCCCCCCCOCc1cccc(CO)c1. The number of aliphatic hydroxyl groups is 1. The van der Waals surface area contributed by atoms with Gasteiger partial charge in [0.05, 0.1) is 13.2 Å². The van der Waals surface area contributed by atoms with Gasteiger partial charge in [-0.05, 0) is 17.5 Å². The fraction of sp³-hybridized carbons (Fsp3) is 0.714. The summed E-state index contributed by atoms with van der Waals surface area (Å²) in [6, 6.07) is 7.99. The highest BCUT2D eigenvalue weighted by atomic mass is 16.5. The van der Waals surface area contributed by atoms with Crippen molar-refractivity contribution in [1.29, 1.82) is 0 Å². The predicted molar refractivity (Wildman–Crippen MR) is 98.5 cm³/mol. The van der Waals surface area contributed by atoms with E-state index in [4.69, 9.17) is 9.84 Å². The molecule has 23 heavy (non-hydrogen) atoms. The minimum absolute atomic E-state index is 0.104. The lowest BCUT2D eigenvalue weighted by atomic mass is 10.1. The quantitative estimate of drug-likeness (QED) is 0.401. The number of hydrogen-bond donors (Lipinski definition) is 1. The van der Waals surface area contributed by atoms with Gasteiger partial charge in [0.1, 0.15) is 0 Å². The van der Waals surface area contributed by atoms with Crippen molar-refractivity contribution in [2.75, 3.05) is 6.61 Å². The smallest absolute Gasteiger partial charge is 0.0716 e. The standard InChI is InChI=1S/C21H36O2/c1-2-3-4-5-6-7-8-9-10-11-12-16-23-19-21-15-13-14-20(17-21)18-22/h13-15,17,22H,2-12,16,18-19H2,1H3. The van der Waals surface area contributed by atoms with Gasteiger partial charge in [0.2, 0.25) is 0 Å². The Balaban J connectivity index is 1.84. The molecule has 0 aromatic heterocycles. The van der Waals surface area contributed by atoms with Gasteiger partial charge in [0, 0.05) is 6.61 Å². The number of unbranched alkanes of at least 4 members (excludes halogenated alkanes) is 10. The van der Waals surface area contributed by atoms with Gasteiger partial charge in [-0.2, -0.15) is 0 Å². The summed E-state index contributed by atoms with van der Waals surface area (Å²) >= 11 is 0. The zero-order chi connectivity index (χ0) is 16.6. The van der Waals surface area contributed by atoms with Gasteiger partial charge < -0.3 is 9.84 Å². The lowest BCUT2D eigenvalue weighted by molar-refractivity contribution is 0.116. The van der Waals surface area contributed by atoms with E-state index in [-0.39, 0.29) is 6.61 Å². The summed E-state index contributed by atoms with van der Waals surface area (Å²) in [4.78, 5) is 0. The van der Waals surface area contributed by atoms with E-state index >= 15 is 0 Å². The van der Waals surface area contributed by atoms with Gasteiger partial charge >= 0.3 is 0 Å². The van der Waals surface area contributed by atoms with Crippen LogP contribution in [0.25, 0.3) is 0 Å². The number of rotatable bonds is 15. The fourth-order valence-corrected chi connectivity index (χ4v) is 2.88. The Kier molecular flexibility index (Phi) is 12.9. The van der Waals surface area contributed by atoms with Gasteiger partial charge in [-0.1, -0.05) is 95.4 Å². The number of benzene rings is 1. The van der Waals surface area contributed by atoms with Crippen LogP contribution in [0.1, 0.15) is 88.7 Å². The van der Waals surface area contributed by atoms with Crippen LogP contribution >= 0.6 is 0 Å². The lowest BCUT2D eigenvalue weighted by Crippen LogP contribution is -1.96. The molecule has 0 amide bonds. The maximum atomic E-state index is 9.11. The maximum absolute atomic E-state index is 9.11. The van der Waals surface area contributed by atoms with Crippen LogP contribution in [0.4, 0.5) is 0 Å². The molecule has 1 N–H and O–H groups in total. The summed E-state index contributed by atoms with van der Waals surface area (Å²) < 4.78 is 5.72. The van der Waals surface area contributed by atoms with E-state index in [1.807, 2.05) is 18.2 Å². The highest BCUT2D eigenvalue weighted by molar-refractivity contribution is 5.22. The molecule has 0 aliphatic heterocycles. The third-order valence-electron chi connectivity index (χ3n) is 4.33. The molecular formula is C21H36O2. The molecule has 0 aliphatic carbocycles. The average Bonchev–Trinajstić information content (AvgIpc) is 2.59. The summed E-state index contributed by atoms with van der Waals surface area (Å²) in [5.41, 5.74) is 2.11. The molecule has 0 fully saturated rings. The molecule has 0 unspecified atom stereocenters. The second-order valence-corrected chi connectivity index (χ2v) is 6.57. The van der Waals surface area contributed by atoms with Crippen LogP contribution in [-0.4, -0.2) is 11.7 Å². The second-order valence-electron chi connectivity index (χ2n) is 6.57. The number of hydrogen-bond acceptors (Lipinski definition) is 2. The minimum atomic E-state index is 0.104. The first-order chi connectivity index (χ1) is 11.4. The lowest BCUT2D eigenvalue weighted by Gasteiger charge is -2.06. The Morgan fingerprint density at radius 2 is 1.35 bits per heavy atom. The zero-order valence-corrected chi connectivity index (χ0v) is 15.1. The van der Waals surface area contributed by atoms with Crippen LogP contribution in [0.2, 0.25) is 0 Å². The van der Waals surface area contributed by atoms with Crippen molar-refractivity contribution in [1.82, 2.24) is 0 Å². The highest BCUT2D eigenvalue weighted by Gasteiger charge is 1.97. The van der Waals surface area contributed by atoms with Crippen LogP contribution < -0.4 is 0 Å². The third-order valence-corrected chi connectivity index (χ3v) is 4.33. The molecule has 1 rings (SSSR count). The molecule has 0 saturated carbocycles. The van der Waals surface area contributed by atoms with Gasteiger partial charge in [-0.3, -0.25) is 0 Å². The van der Waals surface area contributed by atoms with E-state index in [1.54, 1.807) is 0 Å². The molecule has 132 valence electrons. The Labute approximate surface area is 143 Å². The van der Waals surface area contributed by atoms with E-state index in [9.17, 15) is 0 Å². The van der Waals surface area contributed by atoms with Crippen LogP contribution in [-0.2, 0) is 18.0 Å². The van der Waals surface area contributed by atoms with Gasteiger partial charge in [-0.25, -0.2) is 0 Å². The van der Waals surface area contributed by atoms with E-state index in [1.165, 1.54) is 64.2 Å². The van der Waals surface area contributed by atoms with Crippen molar-refractivity contribution in [2.45, 2.75) is 90.8 Å². The van der Waals surface area contributed by atoms with Crippen molar-refractivity contribution in [2.24, 2.45) is 0 Å². The average molecular weight is 321 g/mol. The topological polar surface area (TPSA) is 29.5 Å². The fourth-order valence-electron chi connectivity index (χ4n) is 2.88. The first kappa shape index (κ1) is 20.2. The largest absolute Gasteiger partial charge is 0.392 e. The molecule has 0 saturated heterocycles. The Morgan fingerprint density at radius 1 is 0.783 bits per heavy atom. The molecule has 0 atom stereocenters. The van der Waals surface area contributed by atoms with E-state index in [2.05, 4.69) is 13.0 Å². The van der Waals surface area contributed by atoms with Crippen molar-refractivity contribution < 1.29 is 9.84 Å². The first-order valence-corrected chi connectivity index (χ1v) is 9.63. The summed E-state index contributed by atoms with van der Waals surface area (Å²) in [6.45, 7) is 3.88. The van der Waals surface area contributed by atoms with Gasteiger partial charge in [0.25, 0.3) is 0 Å². The van der Waals surface area contributed by atoms with Crippen molar-refractivity contribution in [3.8, 4) is 0 Å². The van der Waals surface area contributed by atoms with Crippen molar-refractivity contribution >= 4 is 0 Å². The molecule has 2 heteroatoms. The molecule has 0 heterocycles. The summed E-state index contributed by atoms with van der Waals surface area (Å²) in [5.74, 6) is 0. The molecule has 2 nitrogen and oxygen atoms in total. The van der Waals surface area contributed by atoms with E-state index < -0.39 is 0 Å². The third kappa shape index (κ3) is 11.3. The Bertz CT molecular complexity index is 376. The van der Waals surface area contributed by atoms with Gasteiger partial charge in [-0.15, -0.1) is 0 Å². The molecular weight excluding hydrogens is 284 g/mol. The Morgan fingerprint density at radius 3 is 1.96 bits per heavy atom. The molecule has 1 aromatic carbocycles. The second kappa shape index (κ2) is 14.7. The number of aliphatic hydroxyl groups excluding tert-OH is 1.